The van der Waals surface area contributed by atoms with Crippen LogP contribution in [0.25, 0.3) is 0 Å². The summed E-state index contributed by atoms with van der Waals surface area (Å²) in [5.41, 5.74) is 0.886. The van der Waals surface area contributed by atoms with Gasteiger partial charge in [0, 0.05) is 21.4 Å². The highest BCUT2D eigenvalue weighted by atomic mass is 79.9. The molecule has 0 aromatic heterocycles. The highest BCUT2D eigenvalue weighted by Crippen LogP contribution is 2.30. The predicted octanol–water partition coefficient (Wildman–Crippen LogP) is 3.52. The van der Waals surface area contributed by atoms with E-state index in [2.05, 4.69) is 15.9 Å². The van der Waals surface area contributed by atoms with Gasteiger partial charge < -0.3 is 0 Å². The van der Waals surface area contributed by atoms with Gasteiger partial charge >= 0.3 is 0 Å². The fraction of sp³-hybridized carbons (Fsp3) is 0.300. The molecule has 0 atom stereocenters. The first-order chi connectivity index (χ1) is 6.27. The van der Waals surface area contributed by atoms with E-state index >= 15 is 0 Å². The second-order valence-electron chi connectivity index (χ2n) is 3.02. The molecule has 1 aromatic rings. The summed E-state index contributed by atoms with van der Waals surface area (Å²) >= 11 is 5.16. The number of ketones is 1. The average Bonchev–Trinajstić information content (AvgIpc) is 2.29. The van der Waals surface area contributed by atoms with Crippen LogP contribution in [-0.2, 0) is 0 Å². The molecule has 2 rings (SSSR count). The van der Waals surface area contributed by atoms with Crippen molar-refractivity contribution >= 4 is 33.5 Å². The van der Waals surface area contributed by atoms with Crippen LogP contribution in [0.2, 0.25) is 0 Å². The van der Waals surface area contributed by atoms with Crippen LogP contribution in [0.5, 0.6) is 0 Å². The molecule has 0 saturated heterocycles. The molecule has 68 valence electrons. The number of carbonyl (C=O) groups excluding carboxylic acids is 1. The van der Waals surface area contributed by atoms with Crippen LogP contribution >= 0.6 is 27.7 Å². The molecule has 0 unspecified atom stereocenters. The Bertz CT molecular complexity index is 349. The van der Waals surface area contributed by atoms with Crippen LogP contribution in [0.1, 0.15) is 23.2 Å². The molecule has 13 heavy (non-hydrogen) atoms. The van der Waals surface area contributed by atoms with E-state index in [0.29, 0.717) is 6.42 Å². The van der Waals surface area contributed by atoms with Gasteiger partial charge in [0.1, 0.15) is 0 Å². The second-order valence-corrected chi connectivity index (χ2v) is 5.07. The van der Waals surface area contributed by atoms with E-state index in [4.69, 9.17) is 0 Å². The maximum Gasteiger partial charge on any atom is 0.164 e. The number of carbonyl (C=O) groups is 1. The van der Waals surface area contributed by atoms with Crippen molar-refractivity contribution in [3.8, 4) is 0 Å². The first-order valence-electron chi connectivity index (χ1n) is 4.23. The Morgan fingerprint density at radius 2 is 2.23 bits per heavy atom. The Morgan fingerprint density at radius 1 is 1.38 bits per heavy atom. The van der Waals surface area contributed by atoms with Gasteiger partial charge in [-0.15, -0.1) is 11.8 Å². The molecule has 1 aromatic carbocycles. The molecule has 1 nitrogen and oxygen atoms in total. The fourth-order valence-electron chi connectivity index (χ4n) is 1.40. The maximum atomic E-state index is 11.6. The van der Waals surface area contributed by atoms with Crippen LogP contribution in [0, 0.1) is 0 Å². The van der Waals surface area contributed by atoms with Crippen LogP contribution in [0.15, 0.2) is 27.6 Å². The normalized spacial score (nSPS) is 16.5. The molecule has 0 amide bonds. The van der Waals surface area contributed by atoms with Crippen molar-refractivity contribution in [2.75, 3.05) is 5.75 Å². The van der Waals surface area contributed by atoms with E-state index in [1.54, 1.807) is 11.8 Å². The van der Waals surface area contributed by atoms with Crippen molar-refractivity contribution in [3.05, 3.63) is 28.2 Å². The van der Waals surface area contributed by atoms with Crippen LogP contribution in [0.3, 0.4) is 0 Å². The number of fused-ring (bicyclic) bond motifs is 1. The minimum absolute atomic E-state index is 0.279. The topological polar surface area (TPSA) is 17.1 Å². The zero-order chi connectivity index (χ0) is 9.26. The van der Waals surface area contributed by atoms with Crippen LogP contribution in [-0.4, -0.2) is 11.5 Å². The SMILES string of the molecule is O=C1CCCSc2ccc(Br)cc21. The lowest BCUT2D eigenvalue weighted by Gasteiger charge is -2.03. The van der Waals surface area contributed by atoms with Crippen molar-refractivity contribution in [1.82, 2.24) is 0 Å². The molecule has 1 aliphatic rings. The van der Waals surface area contributed by atoms with Gasteiger partial charge in [-0.3, -0.25) is 4.79 Å². The summed E-state index contributed by atoms with van der Waals surface area (Å²) < 4.78 is 0.988. The summed E-state index contributed by atoms with van der Waals surface area (Å²) in [5, 5.41) is 0. The highest BCUT2D eigenvalue weighted by molar-refractivity contribution is 9.10. The smallest absolute Gasteiger partial charge is 0.164 e. The minimum Gasteiger partial charge on any atom is -0.294 e. The van der Waals surface area contributed by atoms with Gasteiger partial charge in [-0.05, 0) is 30.4 Å². The van der Waals surface area contributed by atoms with Crippen LogP contribution in [0.4, 0.5) is 0 Å². The summed E-state index contributed by atoms with van der Waals surface area (Å²) in [7, 11) is 0. The Kier molecular flexibility index (Phi) is 2.74. The van der Waals surface area contributed by atoms with E-state index < -0.39 is 0 Å². The minimum atomic E-state index is 0.279. The van der Waals surface area contributed by atoms with Crippen molar-refractivity contribution in [2.45, 2.75) is 17.7 Å². The third kappa shape index (κ3) is 1.97. The molecule has 0 spiro atoms. The van der Waals surface area contributed by atoms with Gasteiger partial charge in [-0.25, -0.2) is 0 Å². The molecular formula is C10H9BrOS. The quantitative estimate of drug-likeness (QED) is 0.707. The number of thioether (sulfide) groups is 1. The molecule has 0 aliphatic carbocycles. The first-order valence-corrected chi connectivity index (χ1v) is 6.01. The van der Waals surface area contributed by atoms with Crippen molar-refractivity contribution in [2.24, 2.45) is 0 Å². The number of halogens is 1. The Labute approximate surface area is 90.0 Å². The molecular weight excluding hydrogens is 248 g/mol. The number of rotatable bonds is 0. The van der Waals surface area contributed by atoms with E-state index in [9.17, 15) is 4.79 Å². The molecule has 1 aliphatic heterocycles. The Balaban J connectivity index is 2.49. The molecule has 3 heteroatoms. The first kappa shape index (κ1) is 9.28. The van der Waals surface area contributed by atoms with Crippen molar-refractivity contribution < 1.29 is 4.79 Å². The summed E-state index contributed by atoms with van der Waals surface area (Å²) in [6.07, 6.45) is 1.69. The van der Waals surface area contributed by atoms with Crippen molar-refractivity contribution in [1.29, 1.82) is 0 Å². The van der Waals surface area contributed by atoms with Gasteiger partial charge in [0.25, 0.3) is 0 Å². The van der Waals surface area contributed by atoms with Gasteiger partial charge in [-0.2, -0.15) is 0 Å². The third-order valence-electron chi connectivity index (χ3n) is 2.05. The molecule has 0 bridgehead atoms. The number of Topliss-reactive ketones (excluding diaryl/α,β-unsaturated/α-hetero) is 1. The van der Waals surface area contributed by atoms with Gasteiger partial charge in [0.2, 0.25) is 0 Å². The van der Waals surface area contributed by atoms with Gasteiger partial charge in [0.05, 0.1) is 0 Å². The van der Waals surface area contributed by atoms with Gasteiger partial charge in [-0.1, -0.05) is 15.9 Å². The standard InChI is InChI=1S/C10H9BrOS/c11-7-3-4-10-8(6-7)9(12)2-1-5-13-10/h3-4,6H,1-2,5H2. The zero-order valence-corrected chi connectivity index (χ0v) is 9.45. The largest absolute Gasteiger partial charge is 0.294 e. The van der Waals surface area contributed by atoms with Gasteiger partial charge in [0.15, 0.2) is 5.78 Å². The predicted molar refractivity (Wildman–Crippen MR) is 58.4 cm³/mol. The van der Waals surface area contributed by atoms with Crippen molar-refractivity contribution in [3.63, 3.8) is 0 Å². The summed E-state index contributed by atoms with van der Waals surface area (Å²) in [6, 6.07) is 5.94. The third-order valence-corrected chi connectivity index (χ3v) is 3.70. The molecule has 0 fully saturated rings. The van der Waals surface area contributed by atoms with E-state index in [0.717, 1.165) is 27.1 Å². The Morgan fingerprint density at radius 3 is 3.08 bits per heavy atom. The monoisotopic (exact) mass is 256 g/mol. The highest BCUT2D eigenvalue weighted by Gasteiger charge is 2.15. The molecule has 0 N–H and O–H groups in total. The number of hydrogen-bond donors (Lipinski definition) is 0. The van der Waals surface area contributed by atoms with E-state index in [1.165, 1.54) is 0 Å². The lowest BCUT2D eigenvalue weighted by molar-refractivity contribution is 0.0980. The lowest BCUT2D eigenvalue weighted by atomic mass is 10.1. The fourth-order valence-corrected chi connectivity index (χ4v) is 2.76. The zero-order valence-electron chi connectivity index (χ0n) is 7.05. The second kappa shape index (κ2) is 3.84. The average molecular weight is 257 g/mol. The van der Waals surface area contributed by atoms with E-state index in [1.807, 2.05) is 18.2 Å². The summed E-state index contributed by atoms with van der Waals surface area (Å²) in [5.74, 6) is 1.33. The van der Waals surface area contributed by atoms with Crippen LogP contribution < -0.4 is 0 Å². The van der Waals surface area contributed by atoms with E-state index in [-0.39, 0.29) is 5.78 Å². The summed E-state index contributed by atoms with van der Waals surface area (Å²) in [6.45, 7) is 0. The number of hydrogen-bond acceptors (Lipinski definition) is 2. The lowest BCUT2D eigenvalue weighted by Crippen LogP contribution is -1.97. The molecule has 0 saturated carbocycles. The summed E-state index contributed by atoms with van der Waals surface area (Å²) in [4.78, 5) is 12.8. The maximum absolute atomic E-state index is 11.6. The Hall–Kier alpha value is -0.280. The molecule has 0 radical (unpaired) electrons. The molecule has 1 heterocycles. The number of benzene rings is 1.